The highest BCUT2D eigenvalue weighted by Gasteiger charge is 2.21. The molecule has 3 aromatic carbocycles. The molecular formula is C17H14N4O4. The standard InChI is InChI=1S/C17H14N4O4/c18-17(14-7-3-5-11-4-1-2-6-13(11)14)19-15-9-8-12(20(22)23)10-16(15)21(24)25/h1-10,17,19H,18H2. The number of hydrogen-bond donors (Lipinski definition) is 2. The van der Waals surface area contributed by atoms with Crippen LogP contribution in [0.2, 0.25) is 0 Å². The van der Waals surface area contributed by atoms with Crippen molar-refractivity contribution in [1.82, 2.24) is 0 Å². The number of benzene rings is 3. The summed E-state index contributed by atoms with van der Waals surface area (Å²) in [5.74, 6) is 0. The highest BCUT2D eigenvalue weighted by atomic mass is 16.6. The molecule has 3 rings (SSSR count). The van der Waals surface area contributed by atoms with E-state index in [1.807, 2.05) is 42.5 Å². The summed E-state index contributed by atoms with van der Waals surface area (Å²) in [6.07, 6.45) is -0.716. The lowest BCUT2D eigenvalue weighted by Gasteiger charge is -2.17. The summed E-state index contributed by atoms with van der Waals surface area (Å²) in [4.78, 5) is 20.7. The number of rotatable bonds is 5. The minimum Gasteiger partial charge on any atom is -0.361 e. The van der Waals surface area contributed by atoms with E-state index in [-0.39, 0.29) is 11.4 Å². The van der Waals surface area contributed by atoms with Crippen LogP contribution in [0.1, 0.15) is 11.7 Å². The fourth-order valence-electron chi connectivity index (χ4n) is 2.67. The van der Waals surface area contributed by atoms with Gasteiger partial charge in [0.25, 0.3) is 11.4 Å². The molecule has 0 amide bonds. The number of nitrogens with zero attached hydrogens (tertiary/aromatic N) is 2. The van der Waals surface area contributed by atoms with Gasteiger partial charge in [0.15, 0.2) is 0 Å². The van der Waals surface area contributed by atoms with Crippen LogP contribution < -0.4 is 11.1 Å². The van der Waals surface area contributed by atoms with Crippen molar-refractivity contribution in [2.45, 2.75) is 6.17 Å². The normalized spacial score (nSPS) is 11.9. The average Bonchev–Trinajstić information content (AvgIpc) is 2.61. The summed E-state index contributed by atoms with van der Waals surface area (Å²) in [6, 6.07) is 16.7. The third-order valence-electron chi connectivity index (χ3n) is 3.86. The second kappa shape index (κ2) is 6.54. The number of nitrogens with one attached hydrogen (secondary N) is 1. The van der Waals surface area contributed by atoms with Crippen molar-refractivity contribution in [3.05, 3.63) is 86.5 Å². The average molecular weight is 338 g/mol. The van der Waals surface area contributed by atoms with Crippen LogP contribution in [0.15, 0.2) is 60.7 Å². The van der Waals surface area contributed by atoms with Gasteiger partial charge in [-0.1, -0.05) is 42.5 Å². The number of anilines is 1. The molecule has 3 aromatic rings. The highest BCUT2D eigenvalue weighted by Crippen LogP contribution is 2.32. The Hall–Kier alpha value is -3.52. The van der Waals surface area contributed by atoms with Gasteiger partial charge in [-0.25, -0.2) is 0 Å². The Morgan fingerprint density at radius 2 is 1.64 bits per heavy atom. The summed E-state index contributed by atoms with van der Waals surface area (Å²) >= 11 is 0. The molecule has 8 heteroatoms. The van der Waals surface area contributed by atoms with Crippen molar-refractivity contribution in [2.24, 2.45) is 5.73 Å². The van der Waals surface area contributed by atoms with Crippen molar-refractivity contribution in [1.29, 1.82) is 0 Å². The van der Waals surface area contributed by atoms with Gasteiger partial charge in [0, 0.05) is 6.07 Å². The van der Waals surface area contributed by atoms with E-state index in [0.717, 1.165) is 22.4 Å². The topological polar surface area (TPSA) is 124 Å². The number of fused-ring (bicyclic) bond motifs is 1. The van der Waals surface area contributed by atoms with E-state index < -0.39 is 21.7 Å². The Kier molecular flexibility index (Phi) is 4.27. The molecule has 0 spiro atoms. The van der Waals surface area contributed by atoms with Gasteiger partial charge in [-0.15, -0.1) is 0 Å². The molecular weight excluding hydrogens is 324 g/mol. The van der Waals surface area contributed by atoms with E-state index in [9.17, 15) is 20.2 Å². The predicted molar refractivity (Wildman–Crippen MR) is 94.2 cm³/mol. The lowest BCUT2D eigenvalue weighted by Crippen LogP contribution is -2.21. The molecule has 0 saturated heterocycles. The molecule has 25 heavy (non-hydrogen) atoms. The van der Waals surface area contributed by atoms with Crippen LogP contribution in [-0.2, 0) is 0 Å². The molecule has 0 radical (unpaired) electrons. The van der Waals surface area contributed by atoms with Crippen LogP contribution >= 0.6 is 0 Å². The molecule has 0 aliphatic heterocycles. The SMILES string of the molecule is NC(Nc1ccc([N+](=O)[O-])cc1[N+](=O)[O-])c1cccc2ccccc12. The molecule has 8 nitrogen and oxygen atoms in total. The molecule has 1 unspecified atom stereocenters. The Balaban J connectivity index is 1.99. The van der Waals surface area contributed by atoms with Crippen molar-refractivity contribution in [3.63, 3.8) is 0 Å². The third kappa shape index (κ3) is 3.24. The monoisotopic (exact) mass is 338 g/mol. The van der Waals surface area contributed by atoms with E-state index >= 15 is 0 Å². The highest BCUT2D eigenvalue weighted by molar-refractivity contribution is 5.86. The fourth-order valence-corrected chi connectivity index (χ4v) is 2.67. The van der Waals surface area contributed by atoms with Gasteiger partial charge in [0.1, 0.15) is 11.9 Å². The third-order valence-corrected chi connectivity index (χ3v) is 3.86. The van der Waals surface area contributed by atoms with Crippen molar-refractivity contribution in [2.75, 3.05) is 5.32 Å². The molecule has 0 aliphatic carbocycles. The number of nitrogens with two attached hydrogens (primary N) is 1. The van der Waals surface area contributed by atoms with Gasteiger partial charge in [-0.2, -0.15) is 0 Å². The molecule has 0 heterocycles. The zero-order chi connectivity index (χ0) is 18.0. The molecule has 0 fully saturated rings. The van der Waals surface area contributed by atoms with Crippen molar-refractivity contribution in [3.8, 4) is 0 Å². The first-order chi connectivity index (χ1) is 12.0. The summed E-state index contributed by atoms with van der Waals surface area (Å²) < 4.78 is 0. The lowest BCUT2D eigenvalue weighted by molar-refractivity contribution is -0.393. The minimum atomic E-state index is -0.716. The molecule has 1 atom stereocenters. The van der Waals surface area contributed by atoms with Crippen LogP contribution in [-0.4, -0.2) is 9.85 Å². The fraction of sp³-hybridized carbons (Fsp3) is 0.0588. The summed E-state index contributed by atoms with van der Waals surface area (Å²) in [7, 11) is 0. The minimum absolute atomic E-state index is 0.121. The number of nitro benzene ring substituents is 2. The van der Waals surface area contributed by atoms with Crippen LogP contribution in [0.25, 0.3) is 10.8 Å². The van der Waals surface area contributed by atoms with Gasteiger partial charge in [0.2, 0.25) is 0 Å². The zero-order valence-corrected chi connectivity index (χ0v) is 13.0. The van der Waals surface area contributed by atoms with Crippen LogP contribution in [0, 0.1) is 20.2 Å². The predicted octanol–water partition coefficient (Wildman–Crippen LogP) is 3.73. The number of non-ortho nitro benzene ring substituents is 1. The van der Waals surface area contributed by atoms with Gasteiger partial charge in [-0.05, 0) is 22.4 Å². The van der Waals surface area contributed by atoms with E-state index in [0.29, 0.717) is 0 Å². The first-order valence-corrected chi connectivity index (χ1v) is 7.40. The zero-order valence-electron chi connectivity index (χ0n) is 13.0. The van der Waals surface area contributed by atoms with Crippen LogP contribution in [0.3, 0.4) is 0 Å². The van der Waals surface area contributed by atoms with E-state index in [1.54, 1.807) is 0 Å². The molecule has 0 aromatic heterocycles. The molecule has 126 valence electrons. The Labute approximate surface area is 142 Å². The quantitative estimate of drug-likeness (QED) is 0.415. The second-order valence-electron chi connectivity index (χ2n) is 5.41. The second-order valence-corrected chi connectivity index (χ2v) is 5.41. The van der Waals surface area contributed by atoms with E-state index in [2.05, 4.69) is 5.32 Å². The maximum atomic E-state index is 11.2. The maximum absolute atomic E-state index is 11.2. The van der Waals surface area contributed by atoms with Gasteiger partial charge >= 0.3 is 0 Å². The first kappa shape index (κ1) is 16.3. The largest absolute Gasteiger partial charge is 0.361 e. The lowest BCUT2D eigenvalue weighted by atomic mass is 10.0. The van der Waals surface area contributed by atoms with Gasteiger partial charge < -0.3 is 11.1 Å². The van der Waals surface area contributed by atoms with Crippen molar-refractivity contribution >= 4 is 27.8 Å². The molecule has 0 saturated carbocycles. The molecule has 0 bridgehead atoms. The Bertz CT molecular complexity index is 969. The van der Waals surface area contributed by atoms with Crippen LogP contribution in [0.5, 0.6) is 0 Å². The number of nitro groups is 2. The molecule has 0 aliphatic rings. The number of hydrogen-bond acceptors (Lipinski definition) is 6. The van der Waals surface area contributed by atoms with Crippen LogP contribution in [0.4, 0.5) is 17.1 Å². The van der Waals surface area contributed by atoms with Gasteiger partial charge in [-0.3, -0.25) is 20.2 Å². The Morgan fingerprint density at radius 3 is 2.36 bits per heavy atom. The summed E-state index contributed by atoms with van der Waals surface area (Å²) in [6.45, 7) is 0. The van der Waals surface area contributed by atoms with Crippen molar-refractivity contribution < 1.29 is 9.85 Å². The summed E-state index contributed by atoms with van der Waals surface area (Å²) in [5.41, 5.74) is 6.33. The maximum Gasteiger partial charge on any atom is 0.299 e. The molecule has 3 N–H and O–H groups in total. The van der Waals surface area contributed by atoms with E-state index in [4.69, 9.17) is 5.73 Å². The Morgan fingerprint density at radius 1 is 0.920 bits per heavy atom. The smallest absolute Gasteiger partial charge is 0.299 e. The van der Waals surface area contributed by atoms with Gasteiger partial charge in [0.05, 0.1) is 15.9 Å². The van der Waals surface area contributed by atoms with E-state index in [1.165, 1.54) is 12.1 Å². The summed E-state index contributed by atoms with van der Waals surface area (Å²) in [5, 5.41) is 26.8. The first-order valence-electron chi connectivity index (χ1n) is 7.40.